The second-order valence-electron chi connectivity index (χ2n) is 5.69. The van der Waals surface area contributed by atoms with Crippen molar-refractivity contribution in [2.75, 3.05) is 0 Å². The van der Waals surface area contributed by atoms with E-state index >= 15 is 0 Å². The number of carbonyl (C=O) groups is 2. The van der Waals surface area contributed by atoms with Crippen LogP contribution in [0.1, 0.15) is 15.9 Å². The van der Waals surface area contributed by atoms with Crippen LogP contribution in [0.3, 0.4) is 0 Å². The zero-order valence-electron chi connectivity index (χ0n) is 13.6. The molecule has 2 aromatic carbocycles. The van der Waals surface area contributed by atoms with Crippen LogP contribution in [0.15, 0.2) is 54.9 Å². The molecule has 25 heavy (non-hydrogen) atoms. The third-order valence-electron chi connectivity index (χ3n) is 3.97. The van der Waals surface area contributed by atoms with E-state index in [0.717, 1.165) is 11.1 Å². The van der Waals surface area contributed by atoms with Crippen LogP contribution in [0.2, 0.25) is 0 Å². The summed E-state index contributed by atoms with van der Waals surface area (Å²) in [7, 11) is 1.85. The standard InChI is InChI=1S/C19H16N4O2/c1-23-12-22-16-9-14(7-8-17(16)23)18(24)15(10-20)19(25)21-11-13-5-3-2-4-6-13/h2-9,12,15H,11H2,1H3,(H,21,25)/t15-/m0/s1. The van der Waals surface area contributed by atoms with E-state index in [1.54, 1.807) is 30.6 Å². The third-order valence-corrected chi connectivity index (χ3v) is 3.97. The average molecular weight is 332 g/mol. The number of imidazole rings is 1. The van der Waals surface area contributed by atoms with Gasteiger partial charge in [-0.1, -0.05) is 30.3 Å². The summed E-state index contributed by atoms with van der Waals surface area (Å²) in [5, 5.41) is 11.9. The molecule has 6 heteroatoms. The second kappa shape index (κ2) is 6.97. The van der Waals surface area contributed by atoms with Gasteiger partial charge >= 0.3 is 0 Å². The van der Waals surface area contributed by atoms with Crippen LogP contribution in [0.25, 0.3) is 11.0 Å². The maximum atomic E-state index is 12.6. The SMILES string of the molecule is Cn1cnc2cc(C(=O)[C@H](C#N)C(=O)NCc3ccccc3)ccc21. The molecule has 0 fully saturated rings. The Morgan fingerprint density at radius 2 is 2.00 bits per heavy atom. The van der Waals surface area contributed by atoms with Crippen molar-refractivity contribution in [1.82, 2.24) is 14.9 Å². The van der Waals surface area contributed by atoms with Gasteiger partial charge in [-0.2, -0.15) is 5.26 Å². The van der Waals surface area contributed by atoms with E-state index in [4.69, 9.17) is 0 Å². The number of benzene rings is 2. The fourth-order valence-electron chi connectivity index (χ4n) is 2.58. The lowest BCUT2D eigenvalue weighted by molar-refractivity contribution is -0.122. The molecule has 3 rings (SSSR count). The van der Waals surface area contributed by atoms with Crippen LogP contribution in [-0.2, 0) is 18.4 Å². The number of nitriles is 1. The Labute approximate surface area is 144 Å². The number of hydrogen-bond donors (Lipinski definition) is 1. The molecule has 0 aliphatic heterocycles. The minimum absolute atomic E-state index is 0.268. The van der Waals surface area contributed by atoms with Crippen molar-refractivity contribution >= 4 is 22.7 Å². The Kier molecular flexibility index (Phi) is 4.57. The van der Waals surface area contributed by atoms with E-state index in [1.165, 1.54) is 0 Å². The van der Waals surface area contributed by atoms with E-state index in [1.807, 2.05) is 41.9 Å². The molecule has 0 radical (unpaired) electrons. The van der Waals surface area contributed by atoms with E-state index in [2.05, 4.69) is 10.3 Å². The summed E-state index contributed by atoms with van der Waals surface area (Å²) in [4.78, 5) is 29.0. The highest BCUT2D eigenvalue weighted by Gasteiger charge is 2.27. The van der Waals surface area contributed by atoms with Gasteiger partial charge in [0.25, 0.3) is 0 Å². The molecule has 1 N–H and O–H groups in total. The lowest BCUT2D eigenvalue weighted by Crippen LogP contribution is -2.34. The predicted molar refractivity (Wildman–Crippen MR) is 92.4 cm³/mol. The highest BCUT2D eigenvalue weighted by atomic mass is 16.2. The minimum atomic E-state index is -1.38. The molecule has 0 spiro atoms. The summed E-state index contributed by atoms with van der Waals surface area (Å²) >= 11 is 0. The van der Waals surface area contributed by atoms with E-state index in [9.17, 15) is 14.9 Å². The zero-order chi connectivity index (χ0) is 17.8. The molecule has 1 atom stereocenters. The Balaban J connectivity index is 1.75. The number of amides is 1. The molecule has 6 nitrogen and oxygen atoms in total. The highest BCUT2D eigenvalue weighted by molar-refractivity contribution is 6.12. The molecule has 1 amide bonds. The topological polar surface area (TPSA) is 87.8 Å². The first-order valence-electron chi connectivity index (χ1n) is 7.76. The number of aryl methyl sites for hydroxylation is 1. The summed E-state index contributed by atoms with van der Waals surface area (Å²) in [6.07, 6.45) is 1.65. The van der Waals surface area contributed by atoms with E-state index in [0.29, 0.717) is 11.1 Å². The number of rotatable bonds is 5. The number of fused-ring (bicyclic) bond motifs is 1. The van der Waals surface area contributed by atoms with Gasteiger partial charge in [-0.15, -0.1) is 0 Å². The number of Topliss-reactive ketones (excluding diaryl/α,β-unsaturated/α-hetero) is 1. The monoisotopic (exact) mass is 332 g/mol. The third kappa shape index (κ3) is 3.40. The number of carbonyl (C=O) groups excluding carboxylic acids is 2. The first-order valence-corrected chi connectivity index (χ1v) is 7.76. The normalized spacial score (nSPS) is 11.7. The molecular formula is C19H16N4O2. The predicted octanol–water partition coefficient (Wildman–Crippen LogP) is 2.21. The summed E-state index contributed by atoms with van der Waals surface area (Å²) in [6, 6.07) is 16.1. The van der Waals surface area contributed by atoms with Crippen LogP contribution in [0.5, 0.6) is 0 Å². The van der Waals surface area contributed by atoms with Crippen molar-refractivity contribution in [2.24, 2.45) is 13.0 Å². The van der Waals surface area contributed by atoms with Gasteiger partial charge in [0.15, 0.2) is 11.7 Å². The van der Waals surface area contributed by atoms with Crippen molar-refractivity contribution in [1.29, 1.82) is 5.26 Å². The van der Waals surface area contributed by atoms with Gasteiger partial charge in [0, 0.05) is 19.2 Å². The molecule has 0 saturated heterocycles. The van der Waals surface area contributed by atoms with Crippen LogP contribution in [0, 0.1) is 17.2 Å². The van der Waals surface area contributed by atoms with Gasteiger partial charge in [-0.05, 0) is 23.8 Å². The van der Waals surface area contributed by atoms with Crippen molar-refractivity contribution in [2.45, 2.75) is 6.54 Å². The van der Waals surface area contributed by atoms with Gasteiger partial charge < -0.3 is 9.88 Å². The summed E-state index contributed by atoms with van der Waals surface area (Å²) in [5.41, 5.74) is 2.72. The smallest absolute Gasteiger partial charge is 0.245 e. The average Bonchev–Trinajstić information content (AvgIpc) is 3.02. The minimum Gasteiger partial charge on any atom is -0.350 e. The van der Waals surface area contributed by atoms with Gasteiger partial charge in [0.2, 0.25) is 5.91 Å². The number of hydrogen-bond acceptors (Lipinski definition) is 4. The fraction of sp³-hybridized carbons (Fsp3) is 0.158. The number of nitrogens with one attached hydrogen (secondary N) is 1. The van der Waals surface area contributed by atoms with Crippen LogP contribution >= 0.6 is 0 Å². The largest absolute Gasteiger partial charge is 0.350 e. The number of nitrogens with zero attached hydrogens (tertiary/aromatic N) is 3. The van der Waals surface area contributed by atoms with Crippen molar-refractivity contribution in [3.8, 4) is 6.07 Å². The lowest BCUT2D eigenvalue weighted by Gasteiger charge is -2.10. The van der Waals surface area contributed by atoms with Crippen molar-refractivity contribution in [3.63, 3.8) is 0 Å². The molecule has 3 aromatic rings. The molecule has 0 saturated carbocycles. The molecule has 1 aromatic heterocycles. The fourth-order valence-corrected chi connectivity index (χ4v) is 2.58. The Morgan fingerprint density at radius 1 is 1.24 bits per heavy atom. The Bertz CT molecular complexity index is 970. The first-order chi connectivity index (χ1) is 12.1. The van der Waals surface area contributed by atoms with Gasteiger partial charge in [0.05, 0.1) is 23.4 Å². The summed E-state index contributed by atoms with van der Waals surface area (Å²) in [6.45, 7) is 0.268. The molecular weight excluding hydrogens is 316 g/mol. The van der Waals surface area contributed by atoms with E-state index < -0.39 is 17.6 Å². The number of ketones is 1. The molecule has 124 valence electrons. The molecule has 0 aliphatic rings. The highest BCUT2D eigenvalue weighted by Crippen LogP contribution is 2.17. The Hall–Kier alpha value is -3.46. The molecule has 0 unspecified atom stereocenters. The van der Waals surface area contributed by atoms with Crippen molar-refractivity contribution in [3.05, 3.63) is 66.0 Å². The summed E-state index contributed by atoms with van der Waals surface area (Å²) in [5.74, 6) is -2.51. The van der Waals surface area contributed by atoms with Gasteiger partial charge in [0.1, 0.15) is 0 Å². The van der Waals surface area contributed by atoms with Crippen LogP contribution < -0.4 is 5.32 Å². The molecule has 0 aliphatic carbocycles. The van der Waals surface area contributed by atoms with Gasteiger partial charge in [-0.25, -0.2) is 4.98 Å². The maximum Gasteiger partial charge on any atom is 0.245 e. The van der Waals surface area contributed by atoms with Crippen molar-refractivity contribution < 1.29 is 9.59 Å². The van der Waals surface area contributed by atoms with Crippen LogP contribution in [-0.4, -0.2) is 21.2 Å². The summed E-state index contributed by atoms with van der Waals surface area (Å²) < 4.78 is 1.83. The maximum absolute atomic E-state index is 12.6. The van der Waals surface area contributed by atoms with Crippen LogP contribution in [0.4, 0.5) is 0 Å². The quantitative estimate of drug-likeness (QED) is 0.573. The second-order valence-corrected chi connectivity index (χ2v) is 5.69. The number of aromatic nitrogens is 2. The first kappa shape index (κ1) is 16.4. The van der Waals surface area contributed by atoms with E-state index in [-0.39, 0.29) is 6.54 Å². The lowest BCUT2D eigenvalue weighted by atomic mass is 9.97. The molecule has 1 heterocycles. The van der Waals surface area contributed by atoms with Gasteiger partial charge in [-0.3, -0.25) is 9.59 Å². The zero-order valence-corrected chi connectivity index (χ0v) is 13.6. The Morgan fingerprint density at radius 3 is 2.72 bits per heavy atom. The molecule has 0 bridgehead atoms.